The van der Waals surface area contributed by atoms with E-state index in [1.807, 2.05) is 30.3 Å². The molecular formula is C20H22O6. The topological polar surface area (TPSA) is 63.2 Å². The molecule has 6 heteroatoms. The van der Waals surface area contributed by atoms with Gasteiger partial charge in [0, 0.05) is 26.4 Å². The van der Waals surface area contributed by atoms with Gasteiger partial charge in [-0.15, -0.1) is 0 Å². The van der Waals surface area contributed by atoms with Crippen molar-refractivity contribution in [2.45, 2.75) is 0 Å². The molecule has 2 aromatic carbocycles. The average Bonchev–Trinajstić information content (AvgIpc) is 2.69. The molecule has 0 saturated heterocycles. The number of carbonyl (C=O) groups excluding carboxylic acids is 1. The van der Waals surface area contributed by atoms with Gasteiger partial charge < -0.3 is 23.7 Å². The fourth-order valence-corrected chi connectivity index (χ4v) is 2.24. The van der Waals surface area contributed by atoms with Crippen LogP contribution in [0.15, 0.2) is 48.5 Å². The number of ketones is 1. The highest BCUT2D eigenvalue weighted by molar-refractivity contribution is 6.10. The van der Waals surface area contributed by atoms with E-state index in [-0.39, 0.29) is 19.4 Å². The number of rotatable bonds is 10. The summed E-state index contributed by atoms with van der Waals surface area (Å²) in [4.78, 5) is 12.8. The van der Waals surface area contributed by atoms with Crippen LogP contribution in [0, 0.1) is 0 Å². The van der Waals surface area contributed by atoms with Crippen molar-refractivity contribution in [2.75, 3.05) is 34.9 Å². The number of allylic oxidation sites excluding steroid dienone is 1. The van der Waals surface area contributed by atoms with Gasteiger partial charge in [0.15, 0.2) is 19.4 Å². The Hall–Kier alpha value is -2.83. The van der Waals surface area contributed by atoms with Crippen molar-refractivity contribution in [3.8, 4) is 17.2 Å². The van der Waals surface area contributed by atoms with Crippen LogP contribution in [0.25, 0.3) is 6.08 Å². The predicted octanol–water partition coefficient (Wildman–Crippen LogP) is 3.56. The Morgan fingerprint density at radius 1 is 0.923 bits per heavy atom. The molecule has 138 valence electrons. The van der Waals surface area contributed by atoms with Gasteiger partial charge in [-0.3, -0.25) is 4.79 Å². The Morgan fingerprint density at radius 2 is 1.58 bits per heavy atom. The molecule has 0 heterocycles. The minimum Gasteiger partial charge on any atom is -0.496 e. The fraction of sp³-hybridized carbons (Fsp3) is 0.250. The summed E-state index contributed by atoms with van der Waals surface area (Å²) < 4.78 is 26.2. The molecule has 2 aromatic rings. The van der Waals surface area contributed by atoms with E-state index in [0.29, 0.717) is 22.8 Å². The monoisotopic (exact) mass is 358 g/mol. The van der Waals surface area contributed by atoms with Crippen LogP contribution < -0.4 is 14.2 Å². The second kappa shape index (κ2) is 10.2. The normalized spacial score (nSPS) is 10.7. The van der Waals surface area contributed by atoms with Crippen LogP contribution in [0.4, 0.5) is 0 Å². The molecule has 26 heavy (non-hydrogen) atoms. The van der Waals surface area contributed by atoms with Crippen LogP contribution in [0.3, 0.4) is 0 Å². The number of carbonyl (C=O) groups is 1. The molecular weight excluding hydrogens is 336 g/mol. The Bertz CT molecular complexity index is 739. The summed E-state index contributed by atoms with van der Waals surface area (Å²) in [6, 6.07) is 12.7. The zero-order valence-corrected chi connectivity index (χ0v) is 15.1. The molecule has 0 saturated carbocycles. The molecule has 0 amide bonds. The Balaban J connectivity index is 2.36. The standard InChI is InChI=1S/C20H22O6/c1-22-13-25-16-11-18(24-3)20(19(12-16)26-14-23-2)17(21)10-9-15-7-5-4-6-8-15/h4-12H,13-14H2,1-3H3/b10-9+. The highest BCUT2D eigenvalue weighted by Crippen LogP contribution is 2.35. The molecule has 0 bridgehead atoms. The summed E-state index contributed by atoms with van der Waals surface area (Å²) in [5, 5.41) is 0. The van der Waals surface area contributed by atoms with Gasteiger partial charge in [-0.2, -0.15) is 0 Å². The van der Waals surface area contributed by atoms with Gasteiger partial charge in [0.05, 0.1) is 7.11 Å². The predicted molar refractivity (Wildman–Crippen MR) is 97.8 cm³/mol. The van der Waals surface area contributed by atoms with E-state index < -0.39 is 0 Å². The number of benzene rings is 2. The molecule has 0 aliphatic rings. The van der Waals surface area contributed by atoms with Crippen molar-refractivity contribution >= 4 is 11.9 Å². The second-order valence-electron chi connectivity index (χ2n) is 5.21. The van der Waals surface area contributed by atoms with Gasteiger partial charge in [0.2, 0.25) is 0 Å². The van der Waals surface area contributed by atoms with E-state index in [1.54, 1.807) is 18.2 Å². The number of hydrogen-bond donors (Lipinski definition) is 0. The number of hydrogen-bond acceptors (Lipinski definition) is 6. The van der Waals surface area contributed by atoms with Gasteiger partial charge in [0.25, 0.3) is 0 Å². The van der Waals surface area contributed by atoms with Gasteiger partial charge in [-0.05, 0) is 11.6 Å². The van der Waals surface area contributed by atoms with Crippen molar-refractivity contribution in [2.24, 2.45) is 0 Å². The van der Waals surface area contributed by atoms with Crippen molar-refractivity contribution in [3.63, 3.8) is 0 Å². The highest BCUT2D eigenvalue weighted by Gasteiger charge is 2.19. The molecule has 0 aliphatic heterocycles. The summed E-state index contributed by atoms with van der Waals surface area (Å²) in [6.07, 6.45) is 3.21. The molecule has 0 atom stereocenters. The lowest BCUT2D eigenvalue weighted by atomic mass is 10.1. The lowest BCUT2D eigenvalue weighted by Crippen LogP contribution is -2.08. The quantitative estimate of drug-likeness (QED) is 0.368. The minimum atomic E-state index is -0.255. The summed E-state index contributed by atoms with van der Waals surface area (Å²) >= 11 is 0. The molecule has 0 fully saturated rings. The average molecular weight is 358 g/mol. The first kappa shape index (κ1) is 19.5. The Labute approximate surface area is 152 Å². The van der Waals surface area contributed by atoms with Crippen molar-refractivity contribution < 1.29 is 28.5 Å². The lowest BCUT2D eigenvalue weighted by Gasteiger charge is -2.15. The van der Waals surface area contributed by atoms with E-state index in [9.17, 15) is 4.79 Å². The van der Waals surface area contributed by atoms with Crippen molar-refractivity contribution in [1.82, 2.24) is 0 Å². The molecule has 0 radical (unpaired) electrons. The first-order valence-corrected chi connectivity index (χ1v) is 7.92. The third-order valence-corrected chi connectivity index (χ3v) is 3.41. The molecule has 6 nitrogen and oxygen atoms in total. The van der Waals surface area contributed by atoms with E-state index in [0.717, 1.165) is 5.56 Å². The Morgan fingerprint density at radius 3 is 2.23 bits per heavy atom. The molecule has 0 unspecified atom stereocenters. The van der Waals surface area contributed by atoms with Crippen LogP contribution in [0.2, 0.25) is 0 Å². The van der Waals surface area contributed by atoms with Gasteiger partial charge in [0.1, 0.15) is 22.8 Å². The molecule has 0 aromatic heterocycles. The molecule has 0 spiro atoms. The maximum atomic E-state index is 12.8. The maximum Gasteiger partial charge on any atom is 0.193 e. The number of methoxy groups -OCH3 is 3. The second-order valence-corrected chi connectivity index (χ2v) is 5.21. The summed E-state index contributed by atoms with van der Waals surface area (Å²) in [5.74, 6) is 0.848. The minimum absolute atomic E-state index is 0.0143. The van der Waals surface area contributed by atoms with Crippen LogP contribution in [-0.2, 0) is 9.47 Å². The van der Waals surface area contributed by atoms with E-state index in [1.165, 1.54) is 27.4 Å². The highest BCUT2D eigenvalue weighted by atomic mass is 16.7. The largest absolute Gasteiger partial charge is 0.496 e. The molecule has 0 N–H and O–H groups in total. The van der Waals surface area contributed by atoms with E-state index in [4.69, 9.17) is 23.7 Å². The number of ether oxygens (including phenoxy) is 5. The zero-order valence-electron chi connectivity index (χ0n) is 15.1. The third kappa shape index (κ3) is 5.34. The molecule has 0 aliphatic carbocycles. The van der Waals surface area contributed by atoms with Crippen LogP contribution in [0.5, 0.6) is 17.2 Å². The van der Waals surface area contributed by atoms with Gasteiger partial charge in [-0.25, -0.2) is 0 Å². The van der Waals surface area contributed by atoms with Crippen molar-refractivity contribution in [1.29, 1.82) is 0 Å². The van der Waals surface area contributed by atoms with Crippen LogP contribution in [-0.4, -0.2) is 40.7 Å². The molecule has 2 rings (SSSR count). The zero-order chi connectivity index (χ0) is 18.8. The SMILES string of the molecule is COCOc1cc(OC)c(C(=O)/C=C/c2ccccc2)c(OCOC)c1. The first-order chi connectivity index (χ1) is 12.7. The van der Waals surface area contributed by atoms with Crippen molar-refractivity contribution in [3.05, 3.63) is 59.7 Å². The van der Waals surface area contributed by atoms with E-state index in [2.05, 4.69) is 0 Å². The first-order valence-electron chi connectivity index (χ1n) is 7.92. The third-order valence-electron chi connectivity index (χ3n) is 3.41. The maximum absolute atomic E-state index is 12.8. The lowest BCUT2D eigenvalue weighted by molar-refractivity contribution is 0.0453. The van der Waals surface area contributed by atoms with E-state index >= 15 is 0 Å². The van der Waals surface area contributed by atoms with Gasteiger partial charge >= 0.3 is 0 Å². The van der Waals surface area contributed by atoms with Gasteiger partial charge in [-0.1, -0.05) is 36.4 Å². The Kier molecular flexibility index (Phi) is 7.67. The summed E-state index contributed by atoms with van der Waals surface area (Å²) in [6.45, 7) is 0.0492. The summed E-state index contributed by atoms with van der Waals surface area (Å²) in [7, 11) is 4.50. The van der Waals surface area contributed by atoms with Crippen LogP contribution >= 0.6 is 0 Å². The summed E-state index contributed by atoms with van der Waals surface area (Å²) in [5.41, 5.74) is 1.21. The van der Waals surface area contributed by atoms with Crippen LogP contribution in [0.1, 0.15) is 15.9 Å². The fourth-order valence-electron chi connectivity index (χ4n) is 2.24. The smallest absolute Gasteiger partial charge is 0.193 e.